The Hall–Kier alpha value is -1.83. The molecule has 4 rings (SSSR count). The number of likely N-dealkylation sites (N-methyl/N-ethyl adjacent to an activating group) is 1. The fourth-order valence-corrected chi connectivity index (χ4v) is 7.71. The van der Waals surface area contributed by atoms with Crippen LogP contribution in [0.1, 0.15) is 78.4 Å². The minimum absolute atomic E-state index is 0.0182. The molecule has 2 bridgehead atoms. The molecule has 2 unspecified atom stereocenters. The van der Waals surface area contributed by atoms with E-state index in [2.05, 4.69) is 38.0 Å². The number of fused-ring (bicyclic) bond motifs is 1. The van der Waals surface area contributed by atoms with E-state index in [-0.39, 0.29) is 35.5 Å². The van der Waals surface area contributed by atoms with Gasteiger partial charge in [0, 0.05) is 30.2 Å². The molecule has 1 saturated carbocycles. The second-order valence-electron chi connectivity index (χ2n) is 12.8. The predicted molar refractivity (Wildman–Crippen MR) is 140 cm³/mol. The lowest BCUT2D eigenvalue weighted by atomic mass is 9.45. The number of esters is 1. The van der Waals surface area contributed by atoms with Gasteiger partial charge in [0.05, 0.1) is 5.60 Å². The number of carbonyl (C=O) groups excluding carboxylic acids is 1. The highest BCUT2D eigenvalue weighted by Crippen LogP contribution is 2.64. The topological polar surface area (TPSA) is 91.3 Å². The molecule has 1 aromatic carbocycles. The van der Waals surface area contributed by atoms with Crippen LogP contribution in [-0.4, -0.2) is 71.1 Å². The molecule has 1 aromatic rings. The molecule has 1 aliphatic heterocycles. The number of carbonyl (C=O) groups is 1. The summed E-state index contributed by atoms with van der Waals surface area (Å²) >= 11 is 0. The number of methoxy groups -OCH3 is 1. The Bertz CT molecular complexity index is 989. The Balaban J connectivity index is 1.78. The van der Waals surface area contributed by atoms with Crippen LogP contribution >= 0.6 is 0 Å². The highest BCUT2D eigenvalue weighted by Gasteiger charge is 2.69. The summed E-state index contributed by atoms with van der Waals surface area (Å²) in [5, 5.41) is 25.6. The predicted octanol–water partition coefficient (Wildman–Crippen LogP) is 4.13. The maximum Gasteiger partial charge on any atom is 0.323 e. The summed E-state index contributed by atoms with van der Waals surface area (Å²) in [5.41, 5.74) is 0.373. The number of ether oxygens (including phenoxy) is 2. The lowest BCUT2D eigenvalue weighted by Crippen LogP contribution is -2.77. The molecule has 1 heterocycles. The molecule has 0 amide bonds. The van der Waals surface area contributed by atoms with Gasteiger partial charge in [-0.2, -0.15) is 0 Å². The summed E-state index contributed by atoms with van der Waals surface area (Å²) in [5.74, 6) is 0.0605. The Kier molecular flexibility index (Phi) is 7.17. The molecule has 202 valence electrons. The van der Waals surface area contributed by atoms with Crippen molar-refractivity contribution in [1.29, 1.82) is 0 Å². The number of rotatable bonds is 6. The van der Waals surface area contributed by atoms with Crippen molar-refractivity contribution in [2.75, 3.05) is 20.7 Å². The molecule has 1 saturated heterocycles. The van der Waals surface area contributed by atoms with E-state index in [0.29, 0.717) is 12.3 Å². The van der Waals surface area contributed by atoms with Crippen LogP contribution in [0.15, 0.2) is 12.1 Å². The lowest BCUT2D eigenvalue weighted by molar-refractivity contribution is -0.202. The summed E-state index contributed by atoms with van der Waals surface area (Å²) in [4.78, 5) is 15.6. The van der Waals surface area contributed by atoms with E-state index in [9.17, 15) is 15.0 Å². The lowest BCUT2D eigenvalue weighted by Gasteiger charge is -2.68. The first kappa shape index (κ1) is 27.2. The number of benzene rings is 1. The third kappa shape index (κ3) is 4.21. The molecule has 0 aromatic heterocycles. The molecule has 3 aliphatic rings. The van der Waals surface area contributed by atoms with E-state index in [1.54, 1.807) is 13.2 Å². The van der Waals surface area contributed by atoms with Crippen molar-refractivity contribution in [3.05, 3.63) is 23.3 Å². The van der Waals surface area contributed by atoms with Crippen molar-refractivity contribution in [2.45, 2.75) is 108 Å². The third-order valence-electron chi connectivity index (χ3n) is 9.17. The first-order valence-electron chi connectivity index (χ1n) is 13.6. The van der Waals surface area contributed by atoms with Crippen molar-refractivity contribution in [3.63, 3.8) is 0 Å². The van der Waals surface area contributed by atoms with Gasteiger partial charge in [0.15, 0.2) is 11.5 Å². The molecule has 2 fully saturated rings. The number of aromatic hydroxyl groups is 2. The smallest absolute Gasteiger partial charge is 0.323 e. The van der Waals surface area contributed by atoms with Gasteiger partial charge in [-0.05, 0) is 89.9 Å². The maximum atomic E-state index is 13.2. The van der Waals surface area contributed by atoms with Crippen LogP contribution in [0.3, 0.4) is 0 Å². The minimum atomic E-state index is -0.553. The number of likely N-dealkylation sites (tertiary alicyclic amines) is 1. The van der Waals surface area contributed by atoms with Gasteiger partial charge in [-0.3, -0.25) is 4.79 Å². The fraction of sp³-hybridized carbons (Fsp3) is 0.759. The number of nitrogens with zero attached hydrogens (tertiary/aromatic N) is 1. The largest absolute Gasteiger partial charge is 0.504 e. The van der Waals surface area contributed by atoms with Gasteiger partial charge in [0.25, 0.3) is 0 Å². The van der Waals surface area contributed by atoms with Gasteiger partial charge in [-0.25, -0.2) is 0 Å². The normalized spacial score (nSPS) is 33.1. The fourth-order valence-electron chi connectivity index (χ4n) is 7.71. The van der Waals surface area contributed by atoms with Gasteiger partial charge >= 0.3 is 5.97 Å². The second kappa shape index (κ2) is 9.48. The molecule has 0 spiro atoms. The van der Waals surface area contributed by atoms with Crippen LogP contribution in [0.5, 0.6) is 11.5 Å². The molecular weight excluding hydrogens is 456 g/mol. The van der Waals surface area contributed by atoms with Crippen LogP contribution in [-0.2, 0) is 26.1 Å². The zero-order valence-electron chi connectivity index (χ0n) is 23.4. The summed E-state index contributed by atoms with van der Waals surface area (Å²) in [6, 6.07) is 3.36. The van der Waals surface area contributed by atoms with Gasteiger partial charge in [0.2, 0.25) is 0 Å². The van der Waals surface area contributed by atoms with Crippen molar-refractivity contribution in [3.8, 4) is 11.5 Å². The summed E-state index contributed by atoms with van der Waals surface area (Å²) in [7, 11) is 3.96. The number of hydrogen-bond donors (Lipinski definition) is 3. The highest BCUT2D eigenvalue weighted by atomic mass is 16.6. The molecule has 36 heavy (non-hydrogen) atoms. The van der Waals surface area contributed by atoms with Crippen LogP contribution in [0.25, 0.3) is 0 Å². The van der Waals surface area contributed by atoms with Crippen molar-refractivity contribution >= 4 is 5.97 Å². The van der Waals surface area contributed by atoms with Gasteiger partial charge in [-0.1, -0.05) is 26.8 Å². The average Bonchev–Trinajstić information content (AvgIpc) is 2.78. The Morgan fingerprint density at radius 1 is 1.25 bits per heavy atom. The minimum Gasteiger partial charge on any atom is -0.504 e. The first-order valence-corrected chi connectivity index (χ1v) is 13.6. The van der Waals surface area contributed by atoms with Crippen molar-refractivity contribution in [1.82, 2.24) is 10.2 Å². The number of piperidine rings is 1. The van der Waals surface area contributed by atoms with Crippen molar-refractivity contribution < 1.29 is 24.5 Å². The SMILES string of the molecule is CO[C@@]12CCC(N[C@@H](CC(C)C)C(=O)OC(C)(C)C)[C@H](C)[C@@]13CCN(C)C2Cc1ccc(O)c(O)c13. The first-order chi connectivity index (χ1) is 16.8. The van der Waals surface area contributed by atoms with Crippen LogP contribution in [0.4, 0.5) is 0 Å². The zero-order valence-corrected chi connectivity index (χ0v) is 23.4. The molecule has 0 radical (unpaired) electrons. The molecule has 3 N–H and O–H groups in total. The Morgan fingerprint density at radius 3 is 2.56 bits per heavy atom. The van der Waals surface area contributed by atoms with Gasteiger partial charge in [-0.15, -0.1) is 0 Å². The third-order valence-corrected chi connectivity index (χ3v) is 9.17. The highest BCUT2D eigenvalue weighted by molar-refractivity contribution is 5.76. The number of hydrogen-bond acceptors (Lipinski definition) is 7. The Labute approximate surface area is 216 Å². The molecular formula is C29H46N2O5. The van der Waals surface area contributed by atoms with Crippen LogP contribution in [0, 0.1) is 11.8 Å². The number of phenolic OH excluding ortho intramolecular Hbond substituents is 2. The van der Waals surface area contributed by atoms with E-state index in [4.69, 9.17) is 9.47 Å². The molecule has 7 nitrogen and oxygen atoms in total. The maximum absolute atomic E-state index is 13.2. The molecule has 6 atom stereocenters. The van der Waals surface area contributed by atoms with Gasteiger partial charge in [0.1, 0.15) is 11.6 Å². The van der Waals surface area contributed by atoms with Crippen LogP contribution < -0.4 is 5.32 Å². The standard InChI is InChI=1S/C29H46N2O5/c1-17(2)15-21(26(34)36-27(4,5)6)30-20-11-12-29(35-8)23-16-19-9-10-22(32)25(33)24(19)28(29,18(20)3)13-14-31(23)7/h9-10,17-18,20-21,23,30,32-33H,11-16H2,1-8H3/t18-,20?,21-,23?,28+,29+/m0/s1. The van der Waals surface area contributed by atoms with E-state index in [1.165, 1.54) is 0 Å². The quantitative estimate of drug-likeness (QED) is 0.398. The zero-order chi connectivity index (χ0) is 26.6. The summed E-state index contributed by atoms with van der Waals surface area (Å²) in [6.07, 6.45) is 3.92. The summed E-state index contributed by atoms with van der Waals surface area (Å²) in [6.45, 7) is 13.1. The average molecular weight is 503 g/mol. The second-order valence-corrected chi connectivity index (χ2v) is 12.8. The monoisotopic (exact) mass is 502 g/mol. The van der Waals surface area contributed by atoms with Crippen LogP contribution in [0.2, 0.25) is 0 Å². The van der Waals surface area contributed by atoms with E-state index in [1.807, 2.05) is 26.8 Å². The summed E-state index contributed by atoms with van der Waals surface area (Å²) < 4.78 is 12.3. The van der Waals surface area contributed by atoms with E-state index in [0.717, 1.165) is 43.4 Å². The Morgan fingerprint density at radius 2 is 1.94 bits per heavy atom. The van der Waals surface area contributed by atoms with E-state index < -0.39 is 22.7 Å². The molecule has 2 aliphatic carbocycles. The van der Waals surface area contributed by atoms with E-state index >= 15 is 0 Å². The number of phenols is 2. The van der Waals surface area contributed by atoms with Gasteiger partial charge < -0.3 is 29.9 Å². The van der Waals surface area contributed by atoms with Crippen molar-refractivity contribution in [2.24, 2.45) is 11.8 Å². The number of nitrogens with one attached hydrogen (secondary N) is 1. The molecule has 7 heteroatoms.